The van der Waals surface area contributed by atoms with Gasteiger partial charge in [-0.1, -0.05) is 30.3 Å². The lowest BCUT2D eigenvalue weighted by Gasteiger charge is -2.34. The largest absolute Gasteiger partial charge is 0.466 e. The third-order valence-electron chi connectivity index (χ3n) is 4.91. The zero-order valence-electron chi connectivity index (χ0n) is 16.1. The van der Waals surface area contributed by atoms with Gasteiger partial charge in [-0.2, -0.15) is 0 Å². The Bertz CT molecular complexity index is 723. The maximum Gasteiger partial charge on any atom is 0.191 e. The van der Waals surface area contributed by atoms with Crippen LogP contribution >= 0.6 is 0 Å². The predicted molar refractivity (Wildman–Crippen MR) is 106 cm³/mol. The Morgan fingerprint density at radius 1 is 1.27 bits per heavy atom. The number of hydrogen-bond acceptors (Lipinski definition) is 3. The Balaban J connectivity index is 1.50. The van der Waals surface area contributed by atoms with Crippen molar-refractivity contribution in [1.29, 1.82) is 0 Å². The summed E-state index contributed by atoms with van der Waals surface area (Å²) in [6, 6.07) is 13.2. The fourth-order valence-corrected chi connectivity index (χ4v) is 3.58. The van der Waals surface area contributed by atoms with Crippen LogP contribution in [-0.4, -0.2) is 37.0 Å². The molecule has 1 aromatic carbocycles. The Morgan fingerprint density at radius 2 is 2.08 bits per heavy atom. The van der Waals surface area contributed by atoms with E-state index in [-0.39, 0.29) is 0 Å². The topological polar surface area (TPSA) is 52.8 Å². The number of furan rings is 1. The van der Waals surface area contributed by atoms with Gasteiger partial charge in [0.1, 0.15) is 11.5 Å². The molecule has 1 atom stereocenters. The first-order chi connectivity index (χ1) is 12.6. The molecule has 26 heavy (non-hydrogen) atoms. The van der Waals surface area contributed by atoms with E-state index in [9.17, 15) is 0 Å². The molecule has 0 saturated carbocycles. The molecule has 0 radical (unpaired) electrons. The van der Waals surface area contributed by atoms with E-state index in [4.69, 9.17) is 4.42 Å². The van der Waals surface area contributed by atoms with Crippen LogP contribution in [0.25, 0.3) is 0 Å². The van der Waals surface area contributed by atoms with Crippen molar-refractivity contribution in [3.05, 3.63) is 59.0 Å². The summed E-state index contributed by atoms with van der Waals surface area (Å²) in [5, 5.41) is 7.00. The lowest BCUT2D eigenvalue weighted by Crippen LogP contribution is -2.50. The van der Waals surface area contributed by atoms with Crippen molar-refractivity contribution >= 4 is 5.96 Å². The van der Waals surface area contributed by atoms with Gasteiger partial charge < -0.3 is 15.1 Å². The van der Waals surface area contributed by atoms with Crippen LogP contribution in [0.5, 0.6) is 0 Å². The minimum Gasteiger partial charge on any atom is -0.466 e. The highest BCUT2D eigenvalue weighted by Gasteiger charge is 2.20. The molecule has 2 heterocycles. The molecule has 0 aliphatic carbocycles. The van der Waals surface area contributed by atoms with Crippen molar-refractivity contribution in [2.45, 2.75) is 45.8 Å². The number of likely N-dealkylation sites (tertiary alicyclic amines) is 1. The number of nitrogens with one attached hydrogen (secondary N) is 2. The van der Waals surface area contributed by atoms with Crippen molar-refractivity contribution < 1.29 is 4.42 Å². The molecule has 5 heteroatoms. The highest BCUT2D eigenvalue weighted by Crippen LogP contribution is 2.15. The Labute approximate surface area is 156 Å². The molecule has 140 valence electrons. The van der Waals surface area contributed by atoms with E-state index < -0.39 is 0 Å². The summed E-state index contributed by atoms with van der Waals surface area (Å²) in [7, 11) is 1.83. The molecular weight excluding hydrogens is 324 g/mol. The molecule has 1 saturated heterocycles. The van der Waals surface area contributed by atoms with Gasteiger partial charge in [0, 0.05) is 38.3 Å². The average Bonchev–Trinajstić information content (AvgIpc) is 2.97. The fraction of sp³-hybridized carbons (Fsp3) is 0.476. The fourth-order valence-electron chi connectivity index (χ4n) is 3.58. The Morgan fingerprint density at radius 3 is 2.77 bits per heavy atom. The van der Waals surface area contributed by atoms with E-state index in [2.05, 4.69) is 56.9 Å². The monoisotopic (exact) mass is 354 g/mol. The highest BCUT2D eigenvalue weighted by atomic mass is 16.3. The first-order valence-corrected chi connectivity index (χ1v) is 9.43. The maximum absolute atomic E-state index is 5.59. The van der Waals surface area contributed by atoms with Crippen molar-refractivity contribution in [2.24, 2.45) is 4.99 Å². The minimum atomic E-state index is 0.422. The molecule has 0 spiro atoms. The molecule has 2 aromatic rings. The van der Waals surface area contributed by atoms with Crippen LogP contribution in [0.2, 0.25) is 0 Å². The van der Waals surface area contributed by atoms with E-state index in [1.54, 1.807) is 0 Å². The van der Waals surface area contributed by atoms with Gasteiger partial charge in [-0.25, -0.2) is 0 Å². The number of aryl methyl sites for hydroxylation is 2. The van der Waals surface area contributed by atoms with E-state index >= 15 is 0 Å². The standard InChI is InChI=1S/C21H30N4O/c1-16-12-19(17(2)26-16)13-23-21(22-3)24-20-10-7-11-25(15-20)14-18-8-5-4-6-9-18/h4-6,8-9,12,20H,7,10-11,13-15H2,1-3H3,(H2,22,23,24). The van der Waals surface area contributed by atoms with Gasteiger partial charge >= 0.3 is 0 Å². The molecule has 0 amide bonds. The second kappa shape index (κ2) is 8.90. The quantitative estimate of drug-likeness (QED) is 0.639. The summed E-state index contributed by atoms with van der Waals surface area (Å²) in [4.78, 5) is 6.91. The van der Waals surface area contributed by atoms with Gasteiger partial charge in [0.05, 0.1) is 0 Å². The molecule has 1 aliphatic rings. The zero-order valence-corrected chi connectivity index (χ0v) is 16.1. The number of piperidine rings is 1. The Hall–Kier alpha value is -2.27. The summed E-state index contributed by atoms with van der Waals surface area (Å²) >= 11 is 0. The minimum absolute atomic E-state index is 0.422. The van der Waals surface area contributed by atoms with Gasteiger partial charge in [0.25, 0.3) is 0 Å². The van der Waals surface area contributed by atoms with Crippen LogP contribution in [0.4, 0.5) is 0 Å². The number of aliphatic imine (C=N–C) groups is 1. The van der Waals surface area contributed by atoms with Crippen molar-refractivity contribution in [3.8, 4) is 0 Å². The molecule has 1 aromatic heterocycles. The third kappa shape index (κ3) is 5.11. The van der Waals surface area contributed by atoms with Gasteiger partial charge in [0.15, 0.2) is 5.96 Å². The second-order valence-electron chi connectivity index (χ2n) is 7.07. The molecular formula is C21H30N4O. The van der Waals surface area contributed by atoms with E-state index in [1.165, 1.54) is 24.0 Å². The maximum atomic E-state index is 5.59. The number of rotatable bonds is 5. The van der Waals surface area contributed by atoms with E-state index in [0.29, 0.717) is 6.04 Å². The summed E-state index contributed by atoms with van der Waals surface area (Å²) in [5.74, 6) is 2.78. The number of nitrogens with zero attached hydrogens (tertiary/aromatic N) is 2. The van der Waals surface area contributed by atoms with Crippen LogP contribution in [0.15, 0.2) is 45.8 Å². The van der Waals surface area contributed by atoms with Gasteiger partial charge in [-0.15, -0.1) is 0 Å². The molecule has 0 bridgehead atoms. The van der Waals surface area contributed by atoms with Crippen molar-refractivity contribution in [1.82, 2.24) is 15.5 Å². The predicted octanol–water partition coefficient (Wildman–Crippen LogP) is 3.23. The molecule has 1 fully saturated rings. The molecule has 1 aliphatic heterocycles. The van der Waals surface area contributed by atoms with Gasteiger partial charge in [-0.05, 0) is 44.9 Å². The zero-order chi connectivity index (χ0) is 18.4. The summed E-state index contributed by atoms with van der Waals surface area (Å²) < 4.78 is 5.59. The number of benzene rings is 1. The normalized spacial score (nSPS) is 18.7. The van der Waals surface area contributed by atoms with Crippen LogP contribution in [0.1, 0.15) is 35.5 Å². The van der Waals surface area contributed by atoms with Gasteiger partial charge in [-0.3, -0.25) is 9.89 Å². The molecule has 3 rings (SSSR count). The van der Waals surface area contributed by atoms with E-state index in [1.807, 2.05) is 20.9 Å². The SMILES string of the molecule is CN=C(NCc1cc(C)oc1C)NC1CCCN(Cc2ccccc2)C1. The molecule has 5 nitrogen and oxygen atoms in total. The van der Waals surface area contributed by atoms with Crippen LogP contribution in [0.3, 0.4) is 0 Å². The van der Waals surface area contributed by atoms with E-state index in [0.717, 1.165) is 43.7 Å². The molecule has 1 unspecified atom stereocenters. The van der Waals surface area contributed by atoms with Crippen LogP contribution in [-0.2, 0) is 13.1 Å². The van der Waals surface area contributed by atoms with Crippen molar-refractivity contribution in [2.75, 3.05) is 20.1 Å². The van der Waals surface area contributed by atoms with Gasteiger partial charge in [0.2, 0.25) is 0 Å². The smallest absolute Gasteiger partial charge is 0.191 e. The van der Waals surface area contributed by atoms with Crippen LogP contribution < -0.4 is 10.6 Å². The lowest BCUT2D eigenvalue weighted by atomic mass is 10.0. The first kappa shape index (κ1) is 18.5. The number of guanidine groups is 1. The third-order valence-corrected chi connectivity index (χ3v) is 4.91. The Kier molecular flexibility index (Phi) is 6.34. The lowest BCUT2D eigenvalue weighted by molar-refractivity contribution is 0.192. The summed E-state index contributed by atoms with van der Waals surface area (Å²) in [5.41, 5.74) is 2.56. The van der Waals surface area contributed by atoms with Crippen molar-refractivity contribution in [3.63, 3.8) is 0 Å². The highest BCUT2D eigenvalue weighted by molar-refractivity contribution is 5.80. The average molecular weight is 354 g/mol. The summed E-state index contributed by atoms with van der Waals surface area (Å²) in [6.45, 7) is 7.92. The first-order valence-electron chi connectivity index (χ1n) is 9.43. The summed E-state index contributed by atoms with van der Waals surface area (Å²) in [6.07, 6.45) is 2.39. The number of hydrogen-bond donors (Lipinski definition) is 2. The van der Waals surface area contributed by atoms with Crippen LogP contribution in [0, 0.1) is 13.8 Å². The second-order valence-corrected chi connectivity index (χ2v) is 7.07. The molecule has 2 N–H and O–H groups in total.